The van der Waals surface area contributed by atoms with Gasteiger partial charge in [0.1, 0.15) is 0 Å². The second-order valence-corrected chi connectivity index (χ2v) is 2.95. The molecule has 0 fully saturated rings. The molecular weight excluding hydrogens is 174 g/mol. The van der Waals surface area contributed by atoms with Crippen LogP contribution in [-0.4, -0.2) is 5.11 Å². The highest BCUT2D eigenvalue weighted by Crippen LogP contribution is 2.20. The Bertz CT molecular complexity index is 330. The normalized spacial score (nSPS) is 12.2. The van der Waals surface area contributed by atoms with E-state index in [2.05, 4.69) is 0 Å². The third-order valence-electron chi connectivity index (χ3n) is 1.63. The van der Waals surface area contributed by atoms with Gasteiger partial charge >= 0.3 is 0 Å². The van der Waals surface area contributed by atoms with Crippen molar-refractivity contribution in [2.75, 3.05) is 0 Å². The number of rotatable bonds is 1. The highest BCUT2D eigenvalue weighted by atomic mass is 35.5. The molecule has 0 amide bonds. The molecule has 0 aromatic heterocycles. The molecular formula is C9H8ClNO. The smallest absolute Gasteiger partial charge is 0.165 e. The van der Waals surface area contributed by atoms with Crippen LogP contribution in [-0.2, 0) is 0 Å². The monoisotopic (exact) mass is 181 g/mol. The predicted octanol–water partition coefficient (Wildman–Crippen LogP) is 2.21. The van der Waals surface area contributed by atoms with Crippen molar-refractivity contribution < 1.29 is 5.11 Å². The minimum absolute atomic E-state index is 0.535. The zero-order valence-electron chi connectivity index (χ0n) is 6.58. The van der Waals surface area contributed by atoms with E-state index in [4.69, 9.17) is 22.0 Å². The Kier molecular flexibility index (Phi) is 2.69. The zero-order valence-corrected chi connectivity index (χ0v) is 7.34. The quantitative estimate of drug-likeness (QED) is 0.675. The first-order valence-corrected chi connectivity index (χ1v) is 3.86. The van der Waals surface area contributed by atoms with Crippen LogP contribution in [0.1, 0.15) is 17.2 Å². The third kappa shape index (κ3) is 1.76. The van der Waals surface area contributed by atoms with Crippen LogP contribution >= 0.6 is 11.6 Å². The Hall–Kier alpha value is -1.04. The number of hydrogen-bond acceptors (Lipinski definition) is 2. The average Bonchev–Trinajstić information content (AvgIpc) is 2.08. The maximum Gasteiger partial charge on any atom is 0.165 e. The van der Waals surface area contributed by atoms with Crippen molar-refractivity contribution >= 4 is 11.6 Å². The summed E-state index contributed by atoms with van der Waals surface area (Å²) in [6.07, 6.45) is -1.08. The Morgan fingerprint density at radius 1 is 1.58 bits per heavy atom. The average molecular weight is 182 g/mol. The molecule has 1 aromatic rings. The molecule has 1 N–H and O–H groups in total. The van der Waals surface area contributed by atoms with Gasteiger partial charge in [0.15, 0.2) is 6.10 Å². The first kappa shape index (κ1) is 9.05. The fourth-order valence-corrected chi connectivity index (χ4v) is 1.04. The van der Waals surface area contributed by atoms with Gasteiger partial charge in [-0.3, -0.25) is 0 Å². The summed E-state index contributed by atoms with van der Waals surface area (Å²) >= 11 is 5.79. The minimum Gasteiger partial charge on any atom is -0.374 e. The van der Waals surface area contributed by atoms with Crippen molar-refractivity contribution in [2.45, 2.75) is 13.0 Å². The summed E-state index contributed by atoms with van der Waals surface area (Å²) in [5.74, 6) is 0. The summed E-state index contributed by atoms with van der Waals surface area (Å²) in [6.45, 7) is 1.87. The van der Waals surface area contributed by atoms with Gasteiger partial charge in [-0.1, -0.05) is 23.7 Å². The summed E-state index contributed by atoms with van der Waals surface area (Å²) in [7, 11) is 0. The maximum absolute atomic E-state index is 9.12. The molecule has 0 aliphatic carbocycles. The molecule has 1 aromatic carbocycles. The molecule has 0 radical (unpaired) electrons. The largest absolute Gasteiger partial charge is 0.374 e. The Morgan fingerprint density at radius 3 is 2.75 bits per heavy atom. The predicted molar refractivity (Wildman–Crippen MR) is 46.8 cm³/mol. The maximum atomic E-state index is 9.12. The molecule has 0 saturated heterocycles. The third-order valence-corrected chi connectivity index (χ3v) is 2.04. The first-order valence-electron chi connectivity index (χ1n) is 3.49. The molecule has 1 rings (SSSR count). The number of nitrogens with zero attached hydrogens (tertiary/aromatic N) is 1. The molecule has 1 unspecified atom stereocenters. The summed E-state index contributed by atoms with van der Waals surface area (Å²) < 4.78 is 0. The van der Waals surface area contributed by atoms with Crippen molar-refractivity contribution in [3.8, 4) is 6.07 Å². The van der Waals surface area contributed by atoms with E-state index in [1.807, 2.05) is 6.92 Å². The van der Waals surface area contributed by atoms with Gasteiger partial charge in [0.05, 0.1) is 6.07 Å². The number of aryl methyl sites for hydroxylation is 1. The molecule has 2 nitrogen and oxygen atoms in total. The van der Waals surface area contributed by atoms with E-state index >= 15 is 0 Å². The number of benzene rings is 1. The summed E-state index contributed by atoms with van der Waals surface area (Å²) in [5.41, 5.74) is 1.47. The number of aliphatic hydroxyl groups excluding tert-OH is 1. The van der Waals surface area contributed by atoms with Crippen LogP contribution in [0.3, 0.4) is 0 Å². The van der Waals surface area contributed by atoms with Gasteiger partial charge in [-0.25, -0.2) is 0 Å². The highest BCUT2D eigenvalue weighted by molar-refractivity contribution is 6.31. The number of halogens is 1. The fraction of sp³-hybridized carbons (Fsp3) is 0.222. The molecule has 62 valence electrons. The summed E-state index contributed by atoms with van der Waals surface area (Å²) in [5, 5.41) is 18.1. The van der Waals surface area contributed by atoms with Gasteiger partial charge in [0, 0.05) is 5.02 Å². The Balaban J connectivity index is 3.06. The molecule has 0 spiro atoms. The van der Waals surface area contributed by atoms with Crippen LogP contribution in [0, 0.1) is 18.3 Å². The standard InChI is InChI=1S/C9H8ClNO/c1-6-2-3-7(4-8(6)10)9(12)5-11/h2-4,9,12H,1H3. The van der Waals surface area contributed by atoms with Gasteiger partial charge in [0.25, 0.3) is 0 Å². The lowest BCUT2D eigenvalue weighted by Crippen LogP contribution is -1.93. The van der Waals surface area contributed by atoms with Crippen molar-refractivity contribution in [3.63, 3.8) is 0 Å². The topological polar surface area (TPSA) is 44.0 Å². The van der Waals surface area contributed by atoms with Gasteiger partial charge in [-0.15, -0.1) is 0 Å². The number of aliphatic hydroxyl groups is 1. The fourth-order valence-electron chi connectivity index (χ4n) is 0.854. The van der Waals surface area contributed by atoms with Crippen LogP contribution in [0.15, 0.2) is 18.2 Å². The van der Waals surface area contributed by atoms with E-state index in [-0.39, 0.29) is 0 Å². The highest BCUT2D eigenvalue weighted by Gasteiger charge is 2.06. The van der Waals surface area contributed by atoms with Crippen LogP contribution in [0.4, 0.5) is 0 Å². The molecule has 1 atom stereocenters. The molecule has 0 bridgehead atoms. The molecule has 3 heteroatoms. The van der Waals surface area contributed by atoms with Crippen LogP contribution < -0.4 is 0 Å². The summed E-state index contributed by atoms with van der Waals surface area (Å²) in [6, 6.07) is 6.79. The van der Waals surface area contributed by atoms with Crippen molar-refractivity contribution in [3.05, 3.63) is 34.3 Å². The Labute approximate surface area is 76.0 Å². The van der Waals surface area contributed by atoms with Crippen molar-refractivity contribution in [1.29, 1.82) is 5.26 Å². The van der Waals surface area contributed by atoms with E-state index in [0.29, 0.717) is 10.6 Å². The van der Waals surface area contributed by atoms with Crippen molar-refractivity contribution in [2.24, 2.45) is 0 Å². The minimum atomic E-state index is -1.08. The van der Waals surface area contributed by atoms with E-state index in [1.165, 1.54) is 0 Å². The first-order chi connectivity index (χ1) is 5.65. The van der Waals surface area contributed by atoms with Crippen LogP contribution in [0.25, 0.3) is 0 Å². The lowest BCUT2D eigenvalue weighted by atomic mass is 10.1. The summed E-state index contributed by atoms with van der Waals surface area (Å²) in [4.78, 5) is 0. The van der Waals surface area contributed by atoms with Crippen LogP contribution in [0.5, 0.6) is 0 Å². The van der Waals surface area contributed by atoms with E-state index in [9.17, 15) is 0 Å². The Morgan fingerprint density at radius 2 is 2.25 bits per heavy atom. The number of hydrogen-bond donors (Lipinski definition) is 1. The lowest BCUT2D eigenvalue weighted by molar-refractivity contribution is 0.236. The molecule has 0 aliphatic rings. The second kappa shape index (κ2) is 3.57. The molecule has 0 aliphatic heterocycles. The van der Waals surface area contributed by atoms with Gasteiger partial charge in [0.2, 0.25) is 0 Å². The zero-order chi connectivity index (χ0) is 9.14. The molecule has 12 heavy (non-hydrogen) atoms. The molecule has 0 heterocycles. The van der Waals surface area contributed by atoms with Crippen LogP contribution in [0.2, 0.25) is 5.02 Å². The van der Waals surface area contributed by atoms with Gasteiger partial charge < -0.3 is 5.11 Å². The van der Waals surface area contributed by atoms with E-state index in [0.717, 1.165) is 5.56 Å². The molecule has 0 saturated carbocycles. The lowest BCUT2D eigenvalue weighted by Gasteiger charge is -2.03. The van der Waals surface area contributed by atoms with E-state index in [1.54, 1.807) is 24.3 Å². The SMILES string of the molecule is Cc1ccc(C(O)C#N)cc1Cl. The second-order valence-electron chi connectivity index (χ2n) is 2.54. The van der Waals surface area contributed by atoms with Gasteiger partial charge in [-0.2, -0.15) is 5.26 Å². The van der Waals surface area contributed by atoms with Crippen molar-refractivity contribution in [1.82, 2.24) is 0 Å². The number of nitriles is 1. The van der Waals surface area contributed by atoms with Gasteiger partial charge in [-0.05, 0) is 24.1 Å². The van der Waals surface area contributed by atoms with E-state index < -0.39 is 6.10 Å².